The Hall–Kier alpha value is -0.760. The van der Waals surface area contributed by atoms with Crippen molar-refractivity contribution in [3.8, 4) is 0 Å². The molecule has 1 aromatic heterocycles. The van der Waals surface area contributed by atoms with Crippen LogP contribution in [0.2, 0.25) is 0 Å². The number of H-pyrrole nitrogens is 1. The first-order valence-electron chi connectivity index (χ1n) is 2.86. The summed E-state index contributed by atoms with van der Waals surface area (Å²) in [6, 6.07) is 1.89. The van der Waals surface area contributed by atoms with Gasteiger partial charge in [-0.3, -0.25) is 4.79 Å². The van der Waals surface area contributed by atoms with E-state index in [0.717, 1.165) is 11.1 Å². The molecule has 0 aliphatic carbocycles. The second kappa shape index (κ2) is 3.42. The molecule has 0 aliphatic rings. The number of hydrogen-bond donors (Lipinski definition) is 1. The fraction of sp³-hybridized carbons (Fsp3) is 0.286. The molecule has 2 nitrogen and oxygen atoms in total. The van der Waals surface area contributed by atoms with Gasteiger partial charge >= 0.3 is 0 Å². The number of nitrogens with one attached hydrogen (secondary N) is 1. The zero-order valence-electron chi connectivity index (χ0n) is 5.97. The van der Waals surface area contributed by atoms with Gasteiger partial charge < -0.3 is 4.98 Å². The molecule has 10 heavy (non-hydrogen) atoms. The van der Waals surface area contributed by atoms with Crippen LogP contribution in [0.15, 0.2) is 17.1 Å². The molecule has 0 amide bonds. The Bertz CT molecular complexity index is 267. The van der Waals surface area contributed by atoms with Crippen molar-refractivity contribution in [3.05, 3.63) is 33.7 Å². The summed E-state index contributed by atoms with van der Waals surface area (Å²) in [6.07, 6.45) is 1.66. The first-order valence-corrected chi connectivity index (χ1v) is 2.86. The highest BCUT2D eigenvalue weighted by Gasteiger charge is 1.92. The third kappa shape index (κ3) is 1.61. The van der Waals surface area contributed by atoms with Gasteiger partial charge in [0.25, 0.3) is 5.56 Å². The smallest absolute Gasteiger partial charge is 0.251 e. The van der Waals surface area contributed by atoms with E-state index in [9.17, 15) is 4.79 Å². The summed E-state index contributed by atoms with van der Waals surface area (Å²) < 4.78 is 0. The Balaban J connectivity index is 0.000000810. The van der Waals surface area contributed by atoms with Gasteiger partial charge in [0.15, 0.2) is 0 Å². The lowest BCUT2D eigenvalue weighted by atomic mass is 10.2. The van der Waals surface area contributed by atoms with Gasteiger partial charge in [-0.2, -0.15) is 0 Å². The molecule has 1 aromatic rings. The summed E-state index contributed by atoms with van der Waals surface area (Å²) in [5.41, 5.74) is 1.85. The molecule has 0 unspecified atom stereocenters. The van der Waals surface area contributed by atoms with E-state index in [1.165, 1.54) is 0 Å². The third-order valence-electron chi connectivity index (χ3n) is 1.48. The zero-order valence-corrected chi connectivity index (χ0v) is 6.79. The van der Waals surface area contributed by atoms with Crippen LogP contribution in [0.5, 0.6) is 0 Å². The topological polar surface area (TPSA) is 32.9 Å². The molecule has 0 aromatic carbocycles. The number of aryl methyl sites for hydroxylation is 1. The van der Waals surface area contributed by atoms with E-state index in [1.807, 2.05) is 19.9 Å². The van der Waals surface area contributed by atoms with Gasteiger partial charge in [-0.25, -0.2) is 0 Å². The SMILES string of the molecule is Cc1cc[nH]c(=O)c1C.Cl. The predicted molar refractivity (Wildman–Crippen MR) is 43.8 cm³/mol. The van der Waals surface area contributed by atoms with Gasteiger partial charge in [0, 0.05) is 11.8 Å². The summed E-state index contributed by atoms with van der Waals surface area (Å²) in [5, 5.41) is 0. The molecule has 0 aliphatic heterocycles. The lowest BCUT2D eigenvalue weighted by molar-refractivity contribution is 1.14. The number of aromatic amines is 1. The summed E-state index contributed by atoms with van der Waals surface area (Å²) >= 11 is 0. The minimum Gasteiger partial charge on any atom is -0.329 e. The maximum Gasteiger partial charge on any atom is 0.251 e. The molecule has 1 heterocycles. The van der Waals surface area contributed by atoms with Crippen molar-refractivity contribution >= 4 is 12.4 Å². The summed E-state index contributed by atoms with van der Waals surface area (Å²) in [4.78, 5) is 13.4. The highest BCUT2D eigenvalue weighted by molar-refractivity contribution is 5.85. The van der Waals surface area contributed by atoms with Gasteiger partial charge in [0.1, 0.15) is 0 Å². The largest absolute Gasteiger partial charge is 0.329 e. The van der Waals surface area contributed by atoms with Crippen LogP contribution in [-0.2, 0) is 0 Å². The highest BCUT2D eigenvalue weighted by Crippen LogP contribution is 1.95. The van der Waals surface area contributed by atoms with E-state index < -0.39 is 0 Å². The normalized spacial score (nSPS) is 8.60. The van der Waals surface area contributed by atoms with E-state index >= 15 is 0 Å². The Morgan fingerprint density at radius 3 is 2.40 bits per heavy atom. The molecule has 0 spiro atoms. The van der Waals surface area contributed by atoms with E-state index in [2.05, 4.69) is 4.98 Å². The molecule has 3 heteroatoms. The summed E-state index contributed by atoms with van der Waals surface area (Å²) in [6.45, 7) is 3.73. The van der Waals surface area contributed by atoms with Gasteiger partial charge in [-0.05, 0) is 25.5 Å². The quantitative estimate of drug-likeness (QED) is 0.610. The van der Waals surface area contributed by atoms with Crippen molar-refractivity contribution in [1.29, 1.82) is 0 Å². The first kappa shape index (κ1) is 9.24. The van der Waals surface area contributed by atoms with Crippen LogP contribution in [0.25, 0.3) is 0 Å². The Morgan fingerprint density at radius 2 is 2.00 bits per heavy atom. The molecular weight excluding hydrogens is 150 g/mol. The first-order chi connectivity index (χ1) is 4.22. The van der Waals surface area contributed by atoms with Crippen LogP contribution < -0.4 is 5.56 Å². The van der Waals surface area contributed by atoms with E-state index in [-0.39, 0.29) is 18.0 Å². The second-order valence-electron chi connectivity index (χ2n) is 2.11. The molecule has 0 fully saturated rings. The number of hydrogen-bond acceptors (Lipinski definition) is 1. The summed E-state index contributed by atoms with van der Waals surface area (Å²) in [7, 11) is 0. The monoisotopic (exact) mass is 159 g/mol. The van der Waals surface area contributed by atoms with Gasteiger partial charge in [-0.15, -0.1) is 12.4 Å². The van der Waals surface area contributed by atoms with Crippen molar-refractivity contribution in [3.63, 3.8) is 0 Å². The highest BCUT2D eigenvalue weighted by atomic mass is 35.5. The number of pyridine rings is 1. The maximum absolute atomic E-state index is 10.8. The van der Waals surface area contributed by atoms with Crippen LogP contribution in [-0.4, -0.2) is 4.98 Å². The Morgan fingerprint density at radius 1 is 1.40 bits per heavy atom. The van der Waals surface area contributed by atoms with Crippen LogP contribution in [0.4, 0.5) is 0 Å². The summed E-state index contributed by atoms with van der Waals surface area (Å²) in [5.74, 6) is 0. The maximum atomic E-state index is 10.8. The molecular formula is C7H10ClNO. The lowest BCUT2D eigenvalue weighted by Gasteiger charge is -1.93. The number of rotatable bonds is 0. The van der Waals surface area contributed by atoms with E-state index in [4.69, 9.17) is 0 Å². The van der Waals surface area contributed by atoms with Crippen molar-refractivity contribution < 1.29 is 0 Å². The van der Waals surface area contributed by atoms with Crippen molar-refractivity contribution in [1.82, 2.24) is 4.98 Å². The lowest BCUT2D eigenvalue weighted by Crippen LogP contribution is -2.08. The Labute approximate surface area is 65.7 Å². The molecule has 0 saturated heterocycles. The zero-order chi connectivity index (χ0) is 6.85. The molecule has 1 rings (SSSR count). The average molecular weight is 160 g/mol. The minimum atomic E-state index is 0. The van der Waals surface area contributed by atoms with Crippen LogP contribution in [0, 0.1) is 13.8 Å². The van der Waals surface area contributed by atoms with E-state index in [1.54, 1.807) is 6.20 Å². The molecule has 56 valence electrons. The van der Waals surface area contributed by atoms with Crippen LogP contribution >= 0.6 is 12.4 Å². The van der Waals surface area contributed by atoms with Gasteiger partial charge in [0.2, 0.25) is 0 Å². The molecule has 0 saturated carbocycles. The second-order valence-corrected chi connectivity index (χ2v) is 2.11. The van der Waals surface area contributed by atoms with Gasteiger partial charge in [0.05, 0.1) is 0 Å². The third-order valence-corrected chi connectivity index (χ3v) is 1.48. The number of aromatic nitrogens is 1. The standard InChI is InChI=1S/C7H9NO.ClH/c1-5-3-4-8-7(9)6(5)2;/h3-4H,1-2H3,(H,8,9);1H. The van der Waals surface area contributed by atoms with Crippen LogP contribution in [0.3, 0.4) is 0 Å². The van der Waals surface area contributed by atoms with Crippen LogP contribution in [0.1, 0.15) is 11.1 Å². The average Bonchev–Trinajstić information content (AvgIpc) is 1.83. The number of halogens is 1. The van der Waals surface area contributed by atoms with E-state index in [0.29, 0.717) is 0 Å². The van der Waals surface area contributed by atoms with Crippen molar-refractivity contribution in [2.45, 2.75) is 13.8 Å². The van der Waals surface area contributed by atoms with Crippen molar-refractivity contribution in [2.24, 2.45) is 0 Å². The molecule has 0 radical (unpaired) electrons. The molecule has 0 bridgehead atoms. The van der Waals surface area contributed by atoms with Gasteiger partial charge in [-0.1, -0.05) is 0 Å². The Kier molecular flexibility index (Phi) is 3.16. The predicted octanol–water partition coefficient (Wildman–Crippen LogP) is 1.41. The fourth-order valence-corrected chi connectivity index (χ4v) is 0.655. The fourth-order valence-electron chi connectivity index (χ4n) is 0.655. The molecule has 1 N–H and O–H groups in total. The molecule has 0 atom stereocenters. The van der Waals surface area contributed by atoms with Crippen molar-refractivity contribution in [2.75, 3.05) is 0 Å². The minimum absolute atomic E-state index is 0.